The Bertz CT molecular complexity index is 1490. The second-order valence-electron chi connectivity index (χ2n) is 14.7. The zero-order valence-corrected chi connectivity index (χ0v) is 28.6. The van der Waals surface area contributed by atoms with Crippen molar-refractivity contribution >= 4 is 12.4 Å². The first-order chi connectivity index (χ1) is 21.3. The van der Waals surface area contributed by atoms with E-state index in [1.54, 1.807) is 6.21 Å². The van der Waals surface area contributed by atoms with Gasteiger partial charge in [-0.15, -0.1) is 0 Å². The van der Waals surface area contributed by atoms with Gasteiger partial charge in [-0.2, -0.15) is 0 Å². The molecule has 0 bridgehead atoms. The Hall–Kier alpha value is -3.49. The van der Waals surface area contributed by atoms with Gasteiger partial charge in [0.25, 0.3) is 0 Å². The zero-order valence-electron chi connectivity index (χ0n) is 28.6. The molecular formula is C37H55N6O2+. The average molecular weight is 616 g/mol. The Morgan fingerprint density at radius 2 is 1.56 bits per heavy atom. The van der Waals surface area contributed by atoms with Crippen LogP contribution in [0.3, 0.4) is 0 Å². The molecule has 0 radical (unpaired) electrons. The lowest BCUT2D eigenvalue weighted by Crippen LogP contribution is -2.47. The van der Waals surface area contributed by atoms with Gasteiger partial charge >= 0.3 is 0 Å². The molecule has 0 amide bonds. The van der Waals surface area contributed by atoms with Crippen molar-refractivity contribution in [1.29, 1.82) is 0 Å². The minimum Gasteiger partial charge on any atom is -0.872 e. The fourth-order valence-electron chi connectivity index (χ4n) is 6.05. The second kappa shape index (κ2) is 14.7. The first-order valence-electron chi connectivity index (χ1n) is 16.5. The van der Waals surface area contributed by atoms with Gasteiger partial charge in [0.2, 0.25) is 6.33 Å². The molecule has 5 N–H and O–H groups in total. The van der Waals surface area contributed by atoms with Crippen molar-refractivity contribution in [2.75, 3.05) is 6.54 Å². The lowest BCUT2D eigenvalue weighted by Gasteiger charge is -2.29. The lowest BCUT2D eigenvalue weighted by atomic mass is 9.84. The van der Waals surface area contributed by atoms with Gasteiger partial charge in [0, 0.05) is 35.7 Å². The fraction of sp³-hybridized carbons (Fsp3) is 0.541. The van der Waals surface area contributed by atoms with E-state index < -0.39 is 0 Å². The van der Waals surface area contributed by atoms with Crippen LogP contribution < -0.4 is 20.7 Å². The fourth-order valence-corrected chi connectivity index (χ4v) is 6.05. The summed E-state index contributed by atoms with van der Waals surface area (Å²) < 4.78 is 4.24. The van der Waals surface area contributed by atoms with Crippen molar-refractivity contribution in [1.82, 2.24) is 9.88 Å². The van der Waals surface area contributed by atoms with E-state index in [4.69, 9.17) is 9.98 Å². The van der Waals surface area contributed by atoms with Crippen molar-refractivity contribution in [3.8, 4) is 11.5 Å². The Labute approximate surface area is 270 Å². The predicted octanol–water partition coefficient (Wildman–Crippen LogP) is 4.46. The molecule has 244 valence electrons. The van der Waals surface area contributed by atoms with E-state index in [1.165, 1.54) is 0 Å². The maximum absolute atomic E-state index is 13.6. The molecule has 45 heavy (non-hydrogen) atoms. The molecule has 0 aliphatic heterocycles. The number of hydrogen-bond donors (Lipinski definition) is 3. The first-order valence-corrected chi connectivity index (χ1v) is 16.5. The number of imidazole rings is 1. The van der Waals surface area contributed by atoms with Gasteiger partial charge < -0.3 is 21.3 Å². The molecule has 1 aliphatic rings. The number of phenolic OH excluding ortho intramolecular Hbond substituents is 1. The summed E-state index contributed by atoms with van der Waals surface area (Å²) in [5, 5.41) is 28.3. The summed E-state index contributed by atoms with van der Waals surface area (Å²) in [6.07, 6.45) is 14.9. The molecule has 2 atom stereocenters. The maximum atomic E-state index is 13.6. The first kappa shape index (κ1) is 34.4. The van der Waals surface area contributed by atoms with Crippen molar-refractivity contribution in [2.24, 2.45) is 17.0 Å². The van der Waals surface area contributed by atoms with Crippen LogP contribution in [0.2, 0.25) is 0 Å². The third-order valence-electron chi connectivity index (χ3n) is 8.71. The molecule has 1 aliphatic carbocycles. The van der Waals surface area contributed by atoms with Gasteiger partial charge in [0.15, 0.2) is 0 Å². The number of aryl methyl sites for hydroxylation is 2. The minimum atomic E-state index is -0.270. The normalized spacial score (nSPS) is 18.0. The monoisotopic (exact) mass is 615 g/mol. The van der Waals surface area contributed by atoms with E-state index in [9.17, 15) is 10.2 Å². The predicted molar refractivity (Wildman–Crippen MR) is 181 cm³/mol. The van der Waals surface area contributed by atoms with Gasteiger partial charge in [0.05, 0.1) is 32.2 Å². The van der Waals surface area contributed by atoms with Gasteiger partial charge in [-0.3, -0.25) is 9.98 Å². The number of nitrogens with one attached hydrogen (secondary N) is 1. The largest absolute Gasteiger partial charge is 0.872 e. The standard InChI is InChI=1S/C37H54N6O2/c1-36(2,3)30-19-26(21-38)17-28(34(30)44)23-40-32-11-8-9-12-33(32)41-24-29-18-27(20-31(35(29)45)37(4,5)6)22-39-13-10-14-43-16-15-42(7)25-43/h15-20,23-25,32-33,39H,8-14,21-22,38H2,1-7H3,(H-,40,41,44,45)/p+1/t32-,33-/m1/s1. The number of quaternary nitrogens is 1. The van der Waals surface area contributed by atoms with E-state index in [1.807, 2.05) is 42.2 Å². The van der Waals surface area contributed by atoms with E-state index in [0.29, 0.717) is 18.7 Å². The van der Waals surface area contributed by atoms with Crippen molar-refractivity contribution in [3.63, 3.8) is 0 Å². The highest BCUT2D eigenvalue weighted by Gasteiger charge is 2.25. The number of nitrogens with zero attached hydrogens (tertiary/aromatic N) is 4. The van der Waals surface area contributed by atoms with E-state index >= 15 is 0 Å². The third kappa shape index (κ3) is 9.27. The van der Waals surface area contributed by atoms with Crippen LogP contribution in [0.25, 0.3) is 0 Å². The number of rotatable bonds is 11. The molecule has 0 spiro atoms. The molecule has 0 saturated heterocycles. The summed E-state index contributed by atoms with van der Waals surface area (Å²) in [7, 11) is 2.03. The van der Waals surface area contributed by atoms with E-state index in [0.717, 1.165) is 73.0 Å². The quantitative estimate of drug-likeness (QED) is 0.168. The van der Waals surface area contributed by atoms with Crippen LogP contribution in [-0.2, 0) is 37.5 Å². The minimum absolute atomic E-state index is 0.000386. The number of aromatic hydroxyl groups is 1. The van der Waals surface area contributed by atoms with Crippen LogP contribution in [0.4, 0.5) is 0 Å². The van der Waals surface area contributed by atoms with Crippen LogP contribution in [0.15, 0.2) is 53.0 Å². The highest BCUT2D eigenvalue weighted by atomic mass is 16.3. The van der Waals surface area contributed by atoms with Crippen LogP contribution in [0.1, 0.15) is 107 Å². The summed E-state index contributed by atoms with van der Waals surface area (Å²) in [6.45, 7) is 15.8. The van der Waals surface area contributed by atoms with E-state index in [2.05, 4.69) is 75.8 Å². The molecule has 1 aromatic heterocycles. The van der Waals surface area contributed by atoms with Crippen molar-refractivity contribution < 1.29 is 20.5 Å². The summed E-state index contributed by atoms with van der Waals surface area (Å²) >= 11 is 0. The van der Waals surface area contributed by atoms with Crippen LogP contribution in [-0.4, -0.2) is 40.7 Å². The van der Waals surface area contributed by atoms with Crippen molar-refractivity contribution in [2.45, 2.75) is 116 Å². The van der Waals surface area contributed by atoms with Crippen LogP contribution >= 0.6 is 0 Å². The lowest BCUT2D eigenvalue weighted by molar-refractivity contribution is -0.671. The number of phenols is 1. The highest BCUT2D eigenvalue weighted by Crippen LogP contribution is 2.35. The summed E-state index contributed by atoms with van der Waals surface area (Å²) in [5.74, 6) is 0.338. The molecule has 1 heterocycles. The number of aromatic nitrogens is 2. The molecule has 0 unspecified atom stereocenters. The molecule has 8 nitrogen and oxygen atoms in total. The summed E-state index contributed by atoms with van der Waals surface area (Å²) in [6, 6.07) is 8.08. The topological polar surface area (TPSA) is 116 Å². The smallest absolute Gasteiger partial charge is 0.243 e. The number of aliphatic imine (C=N–C) groups is 2. The number of hydrogen-bond acceptors (Lipinski definition) is 5. The Morgan fingerprint density at radius 3 is 2.13 bits per heavy atom. The van der Waals surface area contributed by atoms with Gasteiger partial charge in [-0.1, -0.05) is 66.2 Å². The highest BCUT2D eigenvalue weighted by molar-refractivity contribution is 5.86. The average Bonchev–Trinajstić information content (AvgIpc) is 3.40. The molecule has 1 saturated carbocycles. The molecule has 2 aromatic carbocycles. The second-order valence-corrected chi connectivity index (χ2v) is 14.7. The summed E-state index contributed by atoms with van der Waals surface area (Å²) in [5.41, 5.74) is 8.88. The van der Waals surface area contributed by atoms with Gasteiger partial charge in [0.1, 0.15) is 18.1 Å². The van der Waals surface area contributed by atoms with Gasteiger partial charge in [-0.05, 0) is 71.5 Å². The Morgan fingerprint density at radius 1 is 0.956 bits per heavy atom. The third-order valence-corrected chi connectivity index (χ3v) is 8.71. The Balaban J connectivity index is 1.51. The molecule has 1 fully saturated rings. The molecule has 4 rings (SSSR count). The molecule has 8 heteroatoms. The van der Waals surface area contributed by atoms with Crippen molar-refractivity contribution in [3.05, 3.63) is 76.4 Å². The van der Waals surface area contributed by atoms with Crippen LogP contribution in [0, 0.1) is 0 Å². The van der Waals surface area contributed by atoms with Gasteiger partial charge in [-0.25, -0.2) is 9.13 Å². The SMILES string of the molecule is C[n+]1ccn(CCCNCc2cc(C=N[C@@H]3CCCC[C@H]3N=Cc3cc(C[NH3+])cc(C(C)(C)C)c3O)c([O-])c(C(C)(C)C)c2)c1. The zero-order chi connectivity index (χ0) is 32.8. The Kier molecular flexibility index (Phi) is 11.3. The molecule has 3 aromatic rings. The number of benzene rings is 2. The van der Waals surface area contributed by atoms with E-state index in [-0.39, 0.29) is 34.4 Å². The molecular weight excluding hydrogens is 560 g/mol. The van der Waals surface area contributed by atoms with Crippen LogP contribution in [0.5, 0.6) is 11.5 Å². The summed E-state index contributed by atoms with van der Waals surface area (Å²) in [4.78, 5) is 9.97. The maximum Gasteiger partial charge on any atom is 0.243 e.